The molecular weight excluding hydrogens is 276 g/mol. The Kier molecular flexibility index (Phi) is 3.14. The van der Waals surface area contributed by atoms with Crippen molar-refractivity contribution in [1.82, 2.24) is 9.46 Å². The van der Waals surface area contributed by atoms with Crippen LogP contribution in [0.15, 0.2) is 39.8 Å². The first kappa shape index (κ1) is 13.3. The molecule has 2 aromatic rings. The van der Waals surface area contributed by atoms with Crippen LogP contribution in [0.25, 0.3) is 0 Å². The van der Waals surface area contributed by atoms with E-state index in [1.54, 1.807) is 13.8 Å². The van der Waals surface area contributed by atoms with Gasteiger partial charge in [-0.2, -0.15) is 4.31 Å². The molecule has 1 aromatic heterocycles. The molecule has 0 spiro atoms. The first-order valence-corrected chi connectivity index (χ1v) is 7.95. The molecule has 0 unspecified atom stereocenters. The van der Waals surface area contributed by atoms with E-state index in [0.29, 0.717) is 18.0 Å². The van der Waals surface area contributed by atoms with Gasteiger partial charge in [-0.15, -0.1) is 0 Å². The zero-order valence-corrected chi connectivity index (χ0v) is 12.2. The quantitative estimate of drug-likeness (QED) is 0.871. The van der Waals surface area contributed by atoms with E-state index < -0.39 is 10.0 Å². The molecule has 0 amide bonds. The second-order valence-corrected chi connectivity index (χ2v) is 6.81. The van der Waals surface area contributed by atoms with Gasteiger partial charge in [-0.05, 0) is 25.8 Å². The van der Waals surface area contributed by atoms with E-state index in [2.05, 4.69) is 5.16 Å². The minimum absolute atomic E-state index is 0.0881. The van der Waals surface area contributed by atoms with Crippen LogP contribution in [0.3, 0.4) is 0 Å². The Morgan fingerprint density at radius 1 is 1.25 bits per heavy atom. The lowest BCUT2D eigenvalue weighted by Crippen LogP contribution is -2.45. The van der Waals surface area contributed by atoms with Crippen LogP contribution in [-0.4, -0.2) is 24.4 Å². The molecule has 106 valence electrons. The van der Waals surface area contributed by atoms with Crippen molar-refractivity contribution in [3.05, 3.63) is 47.3 Å². The third-order valence-electron chi connectivity index (χ3n) is 3.69. The molecule has 0 N–H and O–H groups in total. The van der Waals surface area contributed by atoms with Gasteiger partial charge in [0.2, 0.25) is 10.0 Å². The number of aryl methyl sites for hydroxylation is 2. The fraction of sp³-hybridized carbons (Fsp3) is 0.357. The lowest BCUT2D eigenvalue weighted by Gasteiger charge is -2.39. The molecular formula is C14H16N2O3S. The first-order valence-electron chi connectivity index (χ1n) is 6.51. The van der Waals surface area contributed by atoms with Crippen molar-refractivity contribution in [3.8, 4) is 0 Å². The van der Waals surface area contributed by atoms with Gasteiger partial charge >= 0.3 is 0 Å². The van der Waals surface area contributed by atoms with Crippen molar-refractivity contribution < 1.29 is 12.9 Å². The summed E-state index contributed by atoms with van der Waals surface area (Å²) in [6, 6.07) is 9.60. The van der Waals surface area contributed by atoms with E-state index in [4.69, 9.17) is 4.52 Å². The Labute approximate surface area is 118 Å². The van der Waals surface area contributed by atoms with Crippen molar-refractivity contribution in [2.45, 2.75) is 31.2 Å². The van der Waals surface area contributed by atoms with Crippen LogP contribution in [-0.2, 0) is 10.0 Å². The maximum absolute atomic E-state index is 12.7. The summed E-state index contributed by atoms with van der Waals surface area (Å²) in [5.74, 6) is 0.348. The summed E-state index contributed by atoms with van der Waals surface area (Å²) < 4.78 is 32.0. The van der Waals surface area contributed by atoms with Crippen molar-refractivity contribution in [3.63, 3.8) is 0 Å². The first-order chi connectivity index (χ1) is 9.51. The van der Waals surface area contributed by atoms with E-state index in [0.717, 1.165) is 12.0 Å². The molecule has 0 radical (unpaired) electrons. The molecule has 1 aliphatic heterocycles. The van der Waals surface area contributed by atoms with Crippen LogP contribution in [0.1, 0.15) is 29.5 Å². The Morgan fingerprint density at radius 2 is 1.95 bits per heavy atom. The number of rotatable bonds is 3. The average Bonchev–Trinajstić information content (AvgIpc) is 2.69. The lowest BCUT2D eigenvalue weighted by atomic mass is 9.98. The minimum Gasteiger partial charge on any atom is -0.360 e. The smallest absolute Gasteiger partial charge is 0.249 e. The molecule has 0 bridgehead atoms. The maximum Gasteiger partial charge on any atom is 0.249 e. The molecule has 0 saturated carbocycles. The zero-order valence-electron chi connectivity index (χ0n) is 11.4. The molecule has 1 fully saturated rings. The summed E-state index contributed by atoms with van der Waals surface area (Å²) in [7, 11) is -3.54. The monoisotopic (exact) mass is 292 g/mol. The fourth-order valence-corrected chi connectivity index (χ4v) is 4.57. The summed E-state index contributed by atoms with van der Waals surface area (Å²) in [4.78, 5) is 0.207. The van der Waals surface area contributed by atoms with Gasteiger partial charge in [-0.3, -0.25) is 0 Å². The summed E-state index contributed by atoms with van der Waals surface area (Å²) in [6.07, 6.45) is 0.840. The molecule has 1 atom stereocenters. The van der Waals surface area contributed by atoms with Gasteiger partial charge < -0.3 is 4.52 Å². The Balaban J connectivity index is 1.97. The minimum atomic E-state index is -3.54. The molecule has 0 aliphatic carbocycles. The van der Waals surface area contributed by atoms with Gasteiger partial charge in [0.05, 0.1) is 6.04 Å². The van der Waals surface area contributed by atoms with Crippen LogP contribution in [0.4, 0.5) is 0 Å². The highest BCUT2D eigenvalue weighted by Crippen LogP contribution is 2.39. The third kappa shape index (κ3) is 1.96. The van der Waals surface area contributed by atoms with Crippen molar-refractivity contribution in [1.29, 1.82) is 0 Å². The zero-order chi connectivity index (χ0) is 14.3. The van der Waals surface area contributed by atoms with Crippen LogP contribution in [0, 0.1) is 13.8 Å². The van der Waals surface area contributed by atoms with Crippen LogP contribution >= 0.6 is 0 Å². The van der Waals surface area contributed by atoms with Gasteiger partial charge in [0.25, 0.3) is 0 Å². The normalized spacial score (nSPS) is 19.8. The largest absolute Gasteiger partial charge is 0.360 e. The summed E-state index contributed by atoms with van der Waals surface area (Å²) in [5.41, 5.74) is 1.44. The molecule has 6 heteroatoms. The Bertz CT molecular complexity index is 703. The SMILES string of the molecule is Cc1noc(C)c1S(=O)(=O)N1CC[C@@H]1c1ccccc1. The molecule has 3 rings (SSSR count). The van der Waals surface area contributed by atoms with Gasteiger partial charge in [-0.1, -0.05) is 35.5 Å². The number of sulfonamides is 1. The van der Waals surface area contributed by atoms with E-state index in [1.807, 2.05) is 30.3 Å². The topological polar surface area (TPSA) is 63.4 Å². The second kappa shape index (κ2) is 4.71. The predicted molar refractivity (Wildman–Crippen MR) is 73.7 cm³/mol. The van der Waals surface area contributed by atoms with Gasteiger partial charge in [0, 0.05) is 6.54 Å². The van der Waals surface area contributed by atoms with Gasteiger partial charge in [0.15, 0.2) is 5.76 Å². The number of hydrogen-bond donors (Lipinski definition) is 0. The Morgan fingerprint density at radius 3 is 2.45 bits per heavy atom. The number of nitrogens with zero attached hydrogens (tertiary/aromatic N) is 2. The number of hydrogen-bond acceptors (Lipinski definition) is 4. The summed E-state index contributed by atoms with van der Waals surface area (Å²) >= 11 is 0. The van der Waals surface area contributed by atoms with Gasteiger partial charge in [-0.25, -0.2) is 8.42 Å². The molecule has 2 heterocycles. The highest BCUT2D eigenvalue weighted by molar-refractivity contribution is 7.89. The fourth-order valence-electron chi connectivity index (χ4n) is 2.62. The van der Waals surface area contributed by atoms with E-state index >= 15 is 0 Å². The van der Waals surface area contributed by atoms with Crippen molar-refractivity contribution >= 4 is 10.0 Å². The summed E-state index contributed by atoms with van der Waals surface area (Å²) in [5, 5.41) is 3.74. The third-order valence-corrected chi connectivity index (χ3v) is 5.84. The van der Waals surface area contributed by atoms with E-state index in [-0.39, 0.29) is 10.9 Å². The van der Waals surface area contributed by atoms with Crippen molar-refractivity contribution in [2.75, 3.05) is 6.54 Å². The van der Waals surface area contributed by atoms with Gasteiger partial charge in [0.1, 0.15) is 10.6 Å². The highest BCUT2D eigenvalue weighted by Gasteiger charge is 2.41. The maximum atomic E-state index is 12.7. The molecule has 20 heavy (non-hydrogen) atoms. The standard InChI is InChI=1S/C14H16N2O3S/c1-10-14(11(2)19-15-10)20(17,18)16-9-8-13(16)12-6-4-3-5-7-12/h3-7,13H,8-9H2,1-2H3/t13-/m1/s1. The molecule has 1 saturated heterocycles. The average molecular weight is 292 g/mol. The van der Waals surface area contributed by atoms with Crippen LogP contribution in [0.2, 0.25) is 0 Å². The van der Waals surface area contributed by atoms with E-state index in [1.165, 1.54) is 4.31 Å². The molecule has 1 aliphatic rings. The molecule has 1 aromatic carbocycles. The van der Waals surface area contributed by atoms with Crippen molar-refractivity contribution in [2.24, 2.45) is 0 Å². The summed E-state index contributed by atoms with van der Waals surface area (Å²) in [6.45, 7) is 3.82. The second-order valence-electron chi connectivity index (χ2n) is 4.98. The van der Waals surface area contributed by atoms with Crippen LogP contribution < -0.4 is 0 Å². The predicted octanol–water partition coefficient (Wildman–Crippen LogP) is 2.43. The highest BCUT2D eigenvalue weighted by atomic mass is 32.2. The lowest BCUT2D eigenvalue weighted by molar-refractivity contribution is 0.202. The number of aromatic nitrogens is 1. The van der Waals surface area contributed by atoms with E-state index in [9.17, 15) is 8.42 Å². The molecule has 5 nitrogen and oxygen atoms in total. The Hall–Kier alpha value is -1.66. The number of benzene rings is 1. The van der Waals surface area contributed by atoms with Crippen LogP contribution in [0.5, 0.6) is 0 Å².